The van der Waals surface area contributed by atoms with E-state index in [2.05, 4.69) is 14.7 Å². The van der Waals surface area contributed by atoms with E-state index in [1.165, 1.54) is 12.2 Å². The Hall–Kier alpha value is -3.24. The predicted molar refractivity (Wildman–Crippen MR) is 134 cm³/mol. The van der Waals surface area contributed by atoms with Gasteiger partial charge in [0, 0.05) is 11.0 Å². The van der Waals surface area contributed by atoms with Crippen LogP contribution < -0.4 is 0 Å². The summed E-state index contributed by atoms with van der Waals surface area (Å²) in [4.78, 5) is 26.9. The first-order valence-corrected chi connectivity index (χ1v) is 11.0. The van der Waals surface area contributed by atoms with Gasteiger partial charge in [-0.05, 0) is 37.6 Å². The second-order valence-electron chi connectivity index (χ2n) is 7.05. The second kappa shape index (κ2) is 23.5. The third-order valence-electron chi connectivity index (χ3n) is 4.59. The summed E-state index contributed by atoms with van der Waals surface area (Å²) in [6.07, 6.45) is 3.45. The highest BCUT2D eigenvalue weighted by Crippen LogP contribution is 2.26. The van der Waals surface area contributed by atoms with Crippen molar-refractivity contribution in [3.05, 3.63) is 54.1 Å². The Kier molecular flexibility index (Phi) is 22.8. The van der Waals surface area contributed by atoms with E-state index in [0.717, 1.165) is 0 Å². The number of nitrogens with zero attached hydrogens (tertiary/aromatic N) is 2. The van der Waals surface area contributed by atoms with Crippen LogP contribution in [0.15, 0.2) is 58.5 Å². The molecular formula is C25H36N2O9. The minimum atomic E-state index is -0.667. The number of aliphatic hydroxyl groups excluding tert-OH is 5. The number of para-hydroxylation sites is 1. The number of benzene rings is 2. The molecule has 0 unspecified atom stereocenters. The molecule has 0 amide bonds. The first-order valence-electron chi connectivity index (χ1n) is 11.0. The van der Waals surface area contributed by atoms with Gasteiger partial charge >= 0.3 is 0 Å². The quantitative estimate of drug-likeness (QED) is 0.157. The number of isocyanates is 2. The topological polar surface area (TPSA) is 189 Å². The predicted octanol–water partition coefficient (Wildman–Crippen LogP) is 1.67. The standard InChI is InChI=1S/C9H6N2O2.C6H14O3.C6H6O.C4H10O3/c1-7-8(10-5-12)3-2-4-9(7)11-6-13;1-2-6(3-7,4-8)5-9;7-6-4-2-1-3-5-6;5-1-3-7-4-2-6/h2-4H,1H3;7-9H,2-5H2,1H3;1-5,7H;5-6H,1-4H2. The summed E-state index contributed by atoms with van der Waals surface area (Å²) in [6, 6.07) is 13.7. The monoisotopic (exact) mass is 508 g/mol. The van der Waals surface area contributed by atoms with Gasteiger partial charge in [0.2, 0.25) is 12.2 Å². The molecule has 11 heteroatoms. The molecule has 0 bridgehead atoms. The molecule has 0 aliphatic carbocycles. The van der Waals surface area contributed by atoms with Crippen molar-refractivity contribution in [1.82, 2.24) is 0 Å². The highest BCUT2D eigenvalue weighted by atomic mass is 16.5. The highest BCUT2D eigenvalue weighted by molar-refractivity contribution is 5.64. The largest absolute Gasteiger partial charge is 0.508 e. The van der Waals surface area contributed by atoms with Crippen LogP contribution >= 0.6 is 0 Å². The zero-order chi connectivity index (χ0) is 27.7. The molecule has 200 valence electrons. The van der Waals surface area contributed by atoms with E-state index in [1.54, 1.807) is 49.4 Å². The van der Waals surface area contributed by atoms with Gasteiger partial charge in [0.1, 0.15) is 5.75 Å². The molecule has 0 aliphatic rings. The average Bonchev–Trinajstić information content (AvgIpc) is 2.90. The molecule has 0 atom stereocenters. The van der Waals surface area contributed by atoms with Crippen LogP contribution in [0.2, 0.25) is 0 Å². The summed E-state index contributed by atoms with van der Waals surface area (Å²) in [7, 11) is 0. The zero-order valence-corrected chi connectivity index (χ0v) is 20.6. The van der Waals surface area contributed by atoms with Crippen LogP contribution in [0.5, 0.6) is 5.75 Å². The lowest BCUT2D eigenvalue weighted by Gasteiger charge is -2.24. The third-order valence-corrected chi connectivity index (χ3v) is 4.59. The van der Waals surface area contributed by atoms with Crippen LogP contribution in [-0.2, 0) is 14.3 Å². The SMILES string of the molecule is CCC(CO)(CO)CO.Cc1c(N=C=O)cccc1N=C=O.OCCOCCO.Oc1ccccc1. The van der Waals surface area contributed by atoms with Crippen LogP contribution in [0.3, 0.4) is 0 Å². The molecule has 0 fully saturated rings. The van der Waals surface area contributed by atoms with Crippen molar-refractivity contribution < 1.29 is 45.0 Å². The fourth-order valence-corrected chi connectivity index (χ4v) is 2.10. The molecule has 2 rings (SSSR count). The van der Waals surface area contributed by atoms with Crippen LogP contribution in [0.4, 0.5) is 11.4 Å². The van der Waals surface area contributed by atoms with E-state index in [-0.39, 0.29) is 33.0 Å². The lowest BCUT2D eigenvalue weighted by Crippen LogP contribution is -2.32. The number of rotatable bonds is 10. The second-order valence-corrected chi connectivity index (χ2v) is 7.05. The van der Waals surface area contributed by atoms with Crippen LogP contribution in [0.1, 0.15) is 18.9 Å². The Morgan fingerprint density at radius 1 is 0.778 bits per heavy atom. The first kappa shape index (κ1) is 34.9. The molecule has 0 saturated carbocycles. The maximum absolute atomic E-state index is 10.00. The van der Waals surface area contributed by atoms with E-state index >= 15 is 0 Å². The smallest absolute Gasteiger partial charge is 0.240 e. The normalized spacial score (nSPS) is 9.53. The van der Waals surface area contributed by atoms with Crippen molar-refractivity contribution in [2.45, 2.75) is 20.3 Å². The van der Waals surface area contributed by atoms with Crippen molar-refractivity contribution >= 4 is 23.5 Å². The Morgan fingerprint density at radius 2 is 1.22 bits per heavy atom. The molecule has 0 heterocycles. The zero-order valence-electron chi connectivity index (χ0n) is 20.6. The Balaban J connectivity index is 0. The molecule has 0 saturated heterocycles. The summed E-state index contributed by atoms with van der Waals surface area (Å²) >= 11 is 0. The fourth-order valence-electron chi connectivity index (χ4n) is 2.10. The highest BCUT2D eigenvalue weighted by Gasteiger charge is 2.24. The number of hydrogen-bond donors (Lipinski definition) is 6. The van der Waals surface area contributed by atoms with Gasteiger partial charge in [-0.2, -0.15) is 9.98 Å². The lowest BCUT2D eigenvalue weighted by atomic mass is 9.88. The van der Waals surface area contributed by atoms with Gasteiger partial charge < -0.3 is 35.4 Å². The molecule has 36 heavy (non-hydrogen) atoms. The summed E-state index contributed by atoms with van der Waals surface area (Å²) in [6.45, 7) is 3.76. The van der Waals surface area contributed by atoms with E-state index in [9.17, 15) is 9.59 Å². The van der Waals surface area contributed by atoms with E-state index in [1.807, 2.05) is 13.0 Å². The summed E-state index contributed by atoms with van der Waals surface area (Å²) in [5, 5.41) is 50.8. The van der Waals surface area contributed by atoms with Gasteiger partial charge in [0.25, 0.3) is 0 Å². The van der Waals surface area contributed by atoms with Gasteiger partial charge in [-0.1, -0.05) is 31.2 Å². The summed E-state index contributed by atoms with van der Waals surface area (Å²) in [5.74, 6) is 0.322. The van der Waals surface area contributed by atoms with E-state index < -0.39 is 5.41 Å². The van der Waals surface area contributed by atoms with Gasteiger partial charge in [0.05, 0.1) is 57.6 Å². The van der Waals surface area contributed by atoms with E-state index in [4.69, 9.17) is 30.6 Å². The molecular weight excluding hydrogens is 472 g/mol. The molecule has 11 nitrogen and oxygen atoms in total. The van der Waals surface area contributed by atoms with Crippen LogP contribution in [0, 0.1) is 12.3 Å². The molecule has 2 aromatic carbocycles. The number of hydrogen-bond acceptors (Lipinski definition) is 11. The minimum Gasteiger partial charge on any atom is -0.508 e. The van der Waals surface area contributed by atoms with Crippen LogP contribution in [0.25, 0.3) is 0 Å². The van der Waals surface area contributed by atoms with Crippen molar-refractivity contribution in [2.75, 3.05) is 46.2 Å². The van der Waals surface area contributed by atoms with Crippen LogP contribution in [-0.4, -0.2) is 89.0 Å². The molecule has 0 spiro atoms. The lowest BCUT2D eigenvalue weighted by molar-refractivity contribution is 0.00304. The van der Waals surface area contributed by atoms with Crippen molar-refractivity contribution in [1.29, 1.82) is 0 Å². The molecule has 0 aromatic heterocycles. The molecule has 2 aromatic rings. The fraction of sp³-hybridized carbons (Fsp3) is 0.440. The number of aromatic hydroxyl groups is 1. The Morgan fingerprint density at radius 3 is 1.47 bits per heavy atom. The number of aliphatic hydroxyl groups is 5. The molecule has 0 radical (unpaired) electrons. The molecule has 0 aliphatic heterocycles. The number of phenolic OH excluding ortho intramolecular Hbond substituents is 1. The van der Waals surface area contributed by atoms with Gasteiger partial charge in [0.15, 0.2) is 0 Å². The summed E-state index contributed by atoms with van der Waals surface area (Å²) < 4.78 is 4.63. The Labute approximate surface area is 210 Å². The summed E-state index contributed by atoms with van der Waals surface area (Å²) in [5.41, 5.74) is 0.923. The van der Waals surface area contributed by atoms with Crippen molar-refractivity contribution in [2.24, 2.45) is 15.4 Å². The van der Waals surface area contributed by atoms with Gasteiger partial charge in [-0.25, -0.2) is 9.59 Å². The van der Waals surface area contributed by atoms with Crippen molar-refractivity contribution in [3.8, 4) is 5.75 Å². The van der Waals surface area contributed by atoms with E-state index in [0.29, 0.717) is 42.3 Å². The maximum Gasteiger partial charge on any atom is 0.240 e. The first-order chi connectivity index (χ1) is 17.3. The average molecular weight is 509 g/mol. The number of ether oxygens (including phenoxy) is 1. The number of phenols is 1. The minimum absolute atomic E-state index is 0.0278. The number of aliphatic imine (C=N–C) groups is 2. The van der Waals surface area contributed by atoms with Crippen molar-refractivity contribution in [3.63, 3.8) is 0 Å². The number of carbonyl (C=O) groups excluding carboxylic acids is 2. The maximum atomic E-state index is 10.00. The third kappa shape index (κ3) is 16.4. The molecule has 6 N–H and O–H groups in total. The van der Waals surface area contributed by atoms with Gasteiger partial charge in [-0.15, -0.1) is 0 Å². The Bertz CT molecular complexity index is 836. The van der Waals surface area contributed by atoms with Gasteiger partial charge in [-0.3, -0.25) is 0 Å².